The molecule has 0 spiro atoms. The van der Waals surface area contributed by atoms with Gasteiger partial charge in [0, 0.05) is 22.9 Å². The maximum Gasteiger partial charge on any atom is 0.390 e. The number of hydrogen-bond acceptors (Lipinski definition) is 2. The number of nitrogens with zero attached hydrogens (tertiary/aromatic N) is 1. The first-order chi connectivity index (χ1) is 7.40. The van der Waals surface area contributed by atoms with Crippen LogP contribution in [0.4, 0.5) is 13.2 Å². The highest BCUT2D eigenvalue weighted by Gasteiger charge is 2.31. The van der Waals surface area contributed by atoms with Gasteiger partial charge in [0.05, 0.1) is 6.42 Å². The first kappa shape index (κ1) is 13.4. The van der Waals surface area contributed by atoms with Gasteiger partial charge >= 0.3 is 6.18 Å². The average Bonchev–Trinajstić information content (AvgIpc) is 2.14. The number of likely N-dealkylation sites (N-methyl/N-ethyl adjacent to an activating group) is 1. The van der Waals surface area contributed by atoms with Crippen LogP contribution in [0.2, 0.25) is 0 Å². The van der Waals surface area contributed by atoms with Crippen molar-refractivity contribution in [3.8, 4) is 0 Å². The number of halogens is 4. The Bertz CT molecular complexity index is 341. The van der Waals surface area contributed by atoms with Crippen LogP contribution < -0.4 is 5.32 Å². The minimum absolute atomic E-state index is 0.308. The van der Waals surface area contributed by atoms with Gasteiger partial charge < -0.3 is 5.32 Å². The Morgan fingerprint density at radius 3 is 2.62 bits per heavy atom. The van der Waals surface area contributed by atoms with Crippen LogP contribution in [0.15, 0.2) is 22.9 Å². The number of alkyl halides is 3. The summed E-state index contributed by atoms with van der Waals surface area (Å²) in [5.74, 6) is 0. The normalized spacial score (nSPS) is 13.8. The van der Waals surface area contributed by atoms with Crippen molar-refractivity contribution in [2.45, 2.75) is 25.1 Å². The van der Waals surface area contributed by atoms with E-state index < -0.39 is 18.6 Å². The molecule has 0 aliphatic rings. The fourth-order valence-corrected chi connectivity index (χ4v) is 1.82. The Labute approximate surface area is 100 Å². The standard InChI is InChI=1S/C10H12BrF3N2/c1-15-9(4-10(12,13)14)3-7-2-8(11)6-16-5-7/h2,5-6,9,15H,3-4H2,1H3. The van der Waals surface area contributed by atoms with Crippen molar-refractivity contribution < 1.29 is 13.2 Å². The van der Waals surface area contributed by atoms with E-state index in [1.807, 2.05) is 0 Å². The first-order valence-electron chi connectivity index (χ1n) is 4.74. The van der Waals surface area contributed by atoms with Crippen LogP contribution in [0.3, 0.4) is 0 Å². The van der Waals surface area contributed by atoms with Crippen molar-refractivity contribution in [2.75, 3.05) is 7.05 Å². The zero-order chi connectivity index (χ0) is 12.2. The Balaban J connectivity index is 2.63. The lowest BCUT2D eigenvalue weighted by Crippen LogP contribution is -2.32. The predicted molar refractivity (Wildman–Crippen MR) is 59.2 cm³/mol. The third-order valence-electron chi connectivity index (χ3n) is 2.13. The summed E-state index contributed by atoms with van der Waals surface area (Å²) in [6, 6.07) is 1.16. The molecule has 0 aliphatic carbocycles. The molecule has 6 heteroatoms. The van der Waals surface area contributed by atoms with Gasteiger partial charge in [-0.2, -0.15) is 13.2 Å². The second kappa shape index (κ2) is 5.63. The third-order valence-corrected chi connectivity index (χ3v) is 2.56. The number of rotatable bonds is 4. The molecule has 0 bridgehead atoms. The van der Waals surface area contributed by atoms with Crippen LogP contribution in [-0.4, -0.2) is 24.2 Å². The van der Waals surface area contributed by atoms with Crippen molar-refractivity contribution in [3.63, 3.8) is 0 Å². The third kappa shape index (κ3) is 4.94. The Kier molecular flexibility index (Phi) is 4.73. The minimum atomic E-state index is -4.15. The van der Waals surface area contributed by atoms with E-state index in [4.69, 9.17) is 0 Å². The minimum Gasteiger partial charge on any atom is -0.316 e. The van der Waals surface area contributed by atoms with Crippen molar-refractivity contribution in [1.29, 1.82) is 0 Å². The average molecular weight is 297 g/mol. The quantitative estimate of drug-likeness (QED) is 0.924. The molecule has 0 aliphatic heterocycles. The highest BCUT2D eigenvalue weighted by molar-refractivity contribution is 9.10. The zero-order valence-corrected chi connectivity index (χ0v) is 10.3. The molecule has 0 amide bonds. The van der Waals surface area contributed by atoms with Crippen LogP contribution in [-0.2, 0) is 6.42 Å². The molecule has 0 aromatic carbocycles. The van der Waals surface area contributed by atoms with Gasteiger partial charge in [0.2, 0.25) is 0 Å². The molecule has 90 valence electrons. The summed E-state index contributed by atoms with van der Waals surface area (Å²) < 4.78 is 37.4. The molecule has 0 saturated heterocycles. The zero-order valence-electron chi connectivity index (χ0n) is 8.68. The van der Waals surface area contributed by atoms with Crippen molar-refractivity contribution in [1.82, 2.24) is 10.3 Å². The van der Waals surface area contributed by atoms with Gasteiger partial charge in [0.15, 0.2) is 0 Å². The molecule has 0 saturated carbocycles. The number of pyridine rings is 1. The SMILES string of the molecule is CNC(Cc1cncc(Br)c1)CC(F)(F)F. The van der Waals surface area contributed by atoms with E-state index in [0.717, 1.165) is 10.0 Å². The summed E-state index contributed by atoms with van der Waals surface area (Å²) in [5.41, 5.74) is 0.776. The van der Waals surface area contributed by atoms with Crippen molar-refractivity contribution >= 4 is 15.9 Å². The van der Waals surface area contributed by atoms with Crippen LogP contribution >= 0.6 is 15.9 Å². The Hall–Kier alpha value is -0.620. The molecule has 0 fully saturated rings. The largest absolute Gasteiger partial charge is 0.390 e. The van der Waals surface area contributed by atoms with Crippen molar-refractivity contribution in [3.05, 3.63) is 28.5 Å². The summed E-state index contributed by atoms with van der Waals surface area (Å²) in [6.07, 6.45) is -1.50. The van der Waals surface area contributed by atoms with Gasteiger partial charge in [-0.15, -0.1) is 0 Å². The topological polar surface area (TPSA) is 24.9 Å². The van der Waals surface area contributed by atoms with Crippen LogP contribution in [0.1, 0.15) is 12.0 Å². The Morgan fingerprint density at radius 1 is 1.44 bits per heavy atom. The molecule has 2 nitrogen and oxygen atoms in total. The summed E-state index contributed by atoms with van der Waals surface area (Å²) >= 11 is 3.23. The summed E-state index contributed by atoms with van der Waals surface area (Å²) in [4.78, 5) is 3.91. The molecule has 1 heterocycles. The van der Waals surface area contributed by atoms with Gasteiger partial charge in [-0.05, 0) is 41.0 Å². The molecule has 16 heavy (non-hydrogen) atoms. The lowest BCUT2D eigenvalue weighted by Gasteiger charge is -2.17. The van der Waals surface area contributed by atoms with Crippen LogP contribution in [0.5, 0.6) is 0 Å². The van der Waals surface area contributed by atoms with E-state index >= 15 is 0 Å². The van der Waals surface area contributed by atoms with Gasteiger partial charge in [-0.25, -0.2) is 0 Å². The number of aromatic nitrogens is 1. The van der Waals surface area contributed by atoms with E-state index in [-0.39, 0.29) is 0 Å². The number of nitrogens with one attached hydrogen (secondary N) is 1. The van der Waals surface area contributed by atoms with Gasteiger partial charge in [0.1, 0.15) is 0 Å². The summed E-state index contributed by atoms with van der Waals surface area (Å²) in [5, 5.41) is 2.66. The second-order valence-corrected chi connectivity index (χ2v) is 4.44. The van der Waals surface area contributed by atoms with E-state index in [1.54, 1.807) is 18.5 Å². The monoisotopic (exact) mass is 296 g/mol. The first-order valence-corrected chi connectivity index (χ1v) is 5.53. The van der Waals surface area contributed by atoms with Gasteiger partial charge in [-0.1, -0.05) is 0 Å². The van der Waals surface area contributed by atoms with Gasteiger partial charge in [0.25, 0.3) is 0 Å². The fraction of sp³-hybridized carbons (Fsp3) is 0.500. The highest BCUT2D eigenvalue weighted by atomic mass is 79.9. The Morgan fingerprint density at radius 2 is 2.12 bits per heavy atom. The smallest absolute Gasteiger partial charge is 0.316 e. The van der Waals surface area contributed by atoms with Gasteiger partial charge in [-0.3, -0.25) is 4.98 Å². The molecule has 1 rings (SSSR count). The van der Waals surface area contributed by atoms with E-state index in [1.165, 1.54) is 7.05 Å². The summed E-state index contributed by atoms with van der Waals surface area (Å²) in [7, 11) is 1.53. The molecular weight excluding hydrogens is 285 g/mol. The molecule has 1 N–H and O–H groups in total. The maximum atomic E-state index is 12.2. The molecule has 1 atom stereocenters. The lowest BCUT2D eigenvalue weighted by atomic mass is 10.1. The molecular formula is C10H12BrF3N2. The fourth-order valence-electron chi connectivity index (χ4n) is 1.41. The lowest BCUT2D eigenvalue weighted by molar-refractivity contribution is -0.139. The van der Waals surface area contributed by atoms with E-state index in [2.05, 4.69) is 26.2 Å². The van der Waals surface area contributed by atoms with E-state index in [9.17, 15) is 13.2 Å². The molecule has 1 aromatic rings. The van der Waals surface area contributed by atoms with Crippen LogP contribution in [0.25, 0.3) is 0 Å². The van der Waals surface area contributed by atoms with Crippen LogP contribution in [0, 0.1) is 0 Å². The highest BCUT2D eigenvalue weighted by Crippen LogP contribution is 2.23. The molecule has 0 radical (unpaired) electrons. The summed E-state index contributed by atoms with van der Waals surface area (Å²) in [6.45, 7) is 0. The second-order valence-electron chi connectivity index (χ2n) is 3.52. The number of hydrogen-bond donors (Lipinski definition) is 1. The maximum absolute atomic E-state index is 12.2. The molecule has 1 aromatic heterocycles. The predicted octanol–water partition coefficient (Wildman–Crippen LogP) is 2.93. The van der Waals surface area contributed by atoms with E-state index in [0.29, 0.717) is 6.42 Å². The molecule has 1 unspecified atom stereocenters. The van der Waals surface area contributed by atoms with Crippen molar-refractivity contribution in [2.24, 2.45) is 0 Å².